The van der Waals surface area contributed by atoms with Crippen LogP contribution < -0.4 is 5.73 Å². The molecule has 2 amide bonds. The molecular weight excluding hydrogens is 329 g/mol. The van der Waals surface area contributed by atoms with Crippen molar-refractivity contribution in [1.82, 2.24) is 9.88 Å². The second-order valence-corrected chi connectivity index (χ2v) is 7.59. The molecule has 24 heavy (non-hydrogen) atoms. The summed E-state index contributed by atoms with van der Waals surface area (Å²) >= 11 is 1.34. The van der Waals surface area contributed by atoms with Crippen LogP contribution in [0.4, 0.5) is 4.39 Å². The molecule has 4 rings (SSSR count). The van der Waals surface area contributed by atoms with Crippen LogP contribution >= 0.6 is 11.3 Å². The first-order chi connectivity index (χ1) is 11.5. The van der Waals surface area contributed by atoms with Gasteiger partial charge in [0.25, 0.3) is 5.91 Å². The van der Waals surface area contributed by atoms with Gasteiger partial charge in [-0.3, -0.25) is 9.59 Å². The van der Waals surface area contributed by atoms with Crippen LogP contribution in [0.2, 0.25) is 0 Å². The Hall–Kier alpha value is -2.28. The number of piperidine rings is 1. The summed E-state index contributed by atoms with van der Waals surface area (Å²) in [5.41, 5.74) is 6.38. The Balaban J connectivity index is 1.72. The van der Waals surface area contributed by atoms with E-state index in [0.29, 0.717) is 22.9 Å². The maximum absolute atomic E-state index is 13.5. The summed E-state index contributed by atoms with van der Waals surface area (Å²) in [7, 11) is 0. The molecule has 0 spiro atoms. The van der Waals surface area contributed by atoms with Gasteiger partial charge in [-0.1, -0.05) is 12.1 Å². The number of nitrogens with two attached hydrogens (primary N) is 1. The van der Waals surface area contributed by atoms with Crippen LogP contribution in [0.1, 0.15) is 21.9 Å². The minimum absolute atomic E-state index is 0.184. The number of aromatic nitrogens is 1. The van der Waals surface area contributed by atoms with Gasteiger partial charge in [-0.25, -0.2) is 9.37 Å². The molecule has 2 aromatic rings. The van der Waals surface area contributed by atoms with Gasteiger partial charge in [-0.15, -0.1) is 11.3 Å². The van der Waals surface area contributed by atoms with Crippen LogP contribution in [0.15, 0.2) is 24.3 Å². The average Bonchev–Trinajstić information content (AvgIpc) is 3.01. The molecule has 5 nitrogen and oxygen atoms in total. The molecule has 2 fully saturated rings. The molecule has 2 heterocycles. The molecule has 7 heteroatoms. The van der Waals surface area contributed by atoms with E-state index in [9.17, 15) is 14.0 Å². The van der Waals surface area contributed by atoms with Gasteiger partial charge in [0.15, 0.2) is 0 Å². The van der Waals surface area contributed by atoms with E-state index >= 15 is 0 Å². The number of aryl methyl sites for hydroxylation is 1. The van der Waals surface area contributed by atoms with Gasteiger partial charge < -0.3 is 10.6 Å². The third-order valence-corrected chi connectivity index (χ3v) is 5.75. The van der Waals surface area contributed by atoms with Crippen molar-refractivity contribution < 1.29 is 14.0 Å². The molecule has 3 atom stereocenters. The fourth-order valence-electron chi connectivity index (χ4n) is 3.57. The number of rotatable bonds is 3. The Bertz CT molecular complexity index is 850. The van der Waals surface area contributed by atoms with Gasteiger partial charge >= 0.3 is 0 Å². The topological polar surface area (TPSA) is 76.3 Å². The van der Waals surface area contributed by atoms with E-state index in [4.69, 9.17) is 5.73 Å². The fourth-order valence-corrected chi connectivity index (χ4v) is 4.48. The predicted molar refractivity (Wildman–Crippen MR) is 87.9 cm³/mol. The van der Waals surface area contributed by atoms with Crippen molar-refractivity contribution in [2.24, 2.45) is 17.6 Å². The molecule has 2 aliphatic rings. The third-order valence-electron chi connectivity index (χ3n) is 4.73. The molecule has 1 saturated carbocycles. The minimum atomic E-state index is -0.551. The molecule has 1 saturated heterocycles. The van der Waals surface area contributed by atoms with Gasteiger partial charge in [-0.2, -0.15) is 0 Å². The summed E-state index contributed by atoms with van der Waals surface area (Å²) in [6, 6.07) is 5.54. The van der Waals surface area contributed by atoms with Gasteiger partial charge in [0.2, 0.25) is 5.91 Å². The number of nitrogens with zero attached hydrogens (tertiary/aromatic N) is 2. The highest BCUT2D eigenvalue weighted by atomic mass is 32.1. The highest BCUT2D eigenvalue weighted by Crippen LogP contribution is 2.50. The van der Waals surface area contributed by atoms with E-state index in [1.807, 2.05) is 0 Å². The molecule has 1 aromatic heterocycles. The largest absolute Gasteiger partial charge is 0.368 e. The Labute approximate surface area is 142 Å². The lowest BCUT2D eigenvalue weighted by molar-refractivity contribution is -0.122. The minimum Gasteiger partial charge on any atom is -0.368 e. The van der Waals surface area contributed by atoms with Crippen molar-refractivity contribution in [3.05, 3.63) is 40.8 Å². The highest BCUT2D eigenvalue weighted by Gasteiger charge is 2.56. The first-order valence-corrected chi connectivity index (χ1v) is 8.61. The normalized spacial score (nSPS) is 24.8. The Kier molecular flexibility index (Phi) is 3.42. The molecule has 1 aliphatic carbocycles. The average molecular weight is 345 g/mol. The number of fused-ring (bicyclic) bond motifs is 1. The zero-order valence-corrected chi connectivity index (χ0v) is 13.8. The van der Waals surface area contributed by atoms with Gasteiger partial charge in [0, 0.05) is 6.54 Å². The number of carbonyl (C=O) groups is 2. The van der Waals surface area contributed by atoms with E-state index < -0.39 is 11.9 Å². The summed E-state index contributed by atoms with van der Waals surface area (Å²) in [5, 5.41) is 0.720. The van der Waals surface area contributed by atoms with E-state index in [-0.39, 0.29) is 23.3 Å². The smallest absolute Gasteiger partial charge is 0.274 e. The number of likely N-dealkylation sites (tertiary alicyclic amines) is 1. The Morgan fingerprint density at radius 3 is 2.92 bits per heavy atom. The van der Waals surface area contributed by atoms with Crippen LogP contribution in [0.3, 0.4) is 0 Å². The van der Waals surface area contributed by atoms with E-state index in [0.717, 1.165) is 11.4 Å². The molecular formula is C17H16FN3O2S. The molecule has 0 radical (unpaired) electrons. The Morgan fingerprint density at radius 2 is 2.21 bits per heavy atom. The van der Waals surface area contributed by atoms with Crippen molar-refractivity contribution in [2.75, 3.05) is 6.54 Å². The maximum atomic E-state index is 13.5. The number of hydrogen-bond donors (Lipinski definition) is 1. The quantitative estimate of drug-likeness (QED) is 0.926. The summed E-state index contributed by atoms with van der Waals surface area (Å²) < 4.78 is 13.5. The predicted octanol–water partition coefficient (Wildman–Crippen LogP) is 2.20. The highest BCUT2D eigenvalue weighted by molar-refractivity contribution is 7.15. The molecule has 1 aliphatic heterocycles. The number of primary amides is 1. The van der Waals surface area contributed by atoms with Crippen LogP contribution in [-0.2, 0) is 4.79 Å². The number of thiazole rings is 1. The zero-order valence-electron chi connectivity index (χ0n) is 13.0. The third kappa shape index (κ3) is 2.39. The van der Waals surface area contributed by atoms with Crippen LogP contribution in [0, 0.1) is 24.6 Å². The maximum Gasteiger partial charge on any atom is 0.274 e. The monoisotopic (exact) mass is 345 g/mol. The van der Waals surface area contributed by atoms with Crippen molar-refractivity contribution >= 4 is 23.2 Å². The van der Waals surface area contributed by atoms with Crippen molar-refractivity contribution in [3.63, 3.8) is 0 Å². The first kappa shape index (κ1) is 15.3. The van der Waals surface area contributed by atoms with E-state index in [2.05, 4.69) is 4.98 Å². The molecule has 0 bridgehead atoms. The van der Waals surface area contributed by atoms with Crippen molar-refractivity contribution in [2.45, 2.75) is 19.4 Å². The first-order valence-electron chi connectivity index (χ1n) is 7.79. The number of hydrogen-bond acceptors (Lipinski definition) is 4. The summed E-state index contributed by atoms with van der Waals surface area (Å²) in [4.78, 5) is 31.3. The molecule has 1 aromatic carbocycles. The number of benzene rings is 1. The number of carbonyl (C=O) groups excluding carboxylic acids is 2. The van der Waals surface area contributed by atoms with Crippen molar-refractivity contribution in [3.8, 4) is 10.4 Å². The lowest BCUT2D eigenvalue weighted by Gasteiger charge is -2.24. The second kappa shape index (κ2) is 5.37. The molecule has 1 unspecified atom stereocenters. The Morgan fingerprint density at radius 1 is 1.42 bits per heavy atom. The van der Waals surface area contributed by atoms with Crippen LogP contribution in [0.5, 0.6) is 0 Å². The van der Waals surface area contributed by atoms with E-state index in [1.165, 1.54) is 23.5 Å². The molecule has 2 N–H and O–H groups in total. The van der Waals surface area contributed by atoms with Gasteiger partial charge in [0.1, 0.15) is 17.6 Å². The fraction of sp³-hybridized carbons (Fsp3) is 0.353. The number of amides is 2. The van der Waals surface area contributed by atoms with Crippen molar-refractivity contribution in [1.29, 1.82) is 0 Å². The number of halogens is 1. The van der Waals surface area contributed by atoms with Gasteiger partial charge in [-0.05, 0) is 42.9 Å². The van der Waals surface area contributed by atoms with Crippen LogP contribution in [-0.4, -0.2) is 34.3 Å². The van der Waals surface area contributed by atoms with Crippen LogP contribution in [0.25, 0.3) is 10.4 Å². The molecule has 124 valence electrons. The second-order valence-electron chi connectivity index (χ2n) is 6.39. The summed E-state index contributed by atoms with van der Waals surface area (Å²) in [5.74, 6) is -0.579. The summed E-state index contributed by atoms with van der Waals surface area (Å²) in [6.07, 6.45) is 0.949. The lowest BCUT2D eigenvalue weighted by atomic mass is 10.1. The lowest BCUT2D eigenvalue weighted by Crippen LogP contribution is -2.46. The van der Waals surface area contributed by atoms with Gasteiger partial charge in [0.05, 0.1) is 9.88 Å². The SMILES string of the molecule is Cc1nc(C(=O)N2C[C@@H]3CC3[C@H]2C(N)=O)c(-c2cccc(F)c2)s1. The zero-order chi connectivity index (χ0) is 17.0. The van der Waals surface area contributed by atoms with E-state index in [1.54, 1.807) is 24.0 Å². The summed E-state index contributed by atoms with van der Waals surface area (Å²) in [6.45, 7) is 2.34. The standard InChI is InChI=1S/C17H16FN3O2S/c1-8-20-13(15(24-8)9-3-2-4-11(18)5-9)17(23)21-7-10-6-12(10)14(21)16(19)22/h2-5,10,12,14H,6-7H2,1H3,(H2,19,22)/t10-,12?,14-/m0/s1.